The van der Waals surface area contributed by atoms with Crippen LogP contribution in [0.3, 0.4) is 0 Å². The summed E-state index contributed by atoms with van der Waals surface area (Å²) in [4.78, 5) is 26.1. The Bertz CT molecular complexity index is 874. The molecule has 0 aromatic carbocycles. The molecule has 2 aliphatic rings. The second kappa shape index (κ2) is 7.56. The zero-order valence-electron chi connectivity index (χ0n) is 15.1. The molecule has 4 rings (SSSR count). The monoisotopic (exact) mass is 388 g/mol. The van der Waals surface area contributed by atoms with Gasteiger partial charge in [0.05, 0.1) is 11.1 Å². The summed E-state index contributed by atoms with van der Waals surface area (Å²) in [6, 6.07) is 0. The SMILES string of the molecule is CCN(C(=O)CSc1nc(N)c2c3c(sc2n1)CCCC3)C1=CCCC1. The summed E-state index contributed by atoms with van der Waals surface area (Å²) in [5, 5.41) is 1.66. The van der Waals surface area contributed by atoms with Gasteiger partial charge in [-0.05, 0) is 57.4 Å². The maximum Gasteiger partial charge on any atom is 0.237 e. The fraction of sp³-hybridized carbons (Fsp3) is 0.526. The van der Waals surface area contributed by atoms with Crippen molar-refractivity contribution >= 4 is 45.0 Å². The van der Waals surface area contributed by atoms with Crippen molar-refractivity contribution in [2.24, 2.45) is 0 Å². The average Bonchev–Trinajstić information content (AvgIpc) is 3.28. The van der Waals surface area contributed by atoms with Crippen molar-refractivity contribution < 1.29 is 4.79 Å². The molecule has 0 atom stereocenters. The minimum atomic E-state index is 0.124. The summed E-state index contributed by atoms with van der Waals surface area (Å²) >= 11 is 3.14. The van der Waals surface area contributed by atoms with E-state index in [4.69, 9.17) is 10.7 Å². The topological polar surface area (TPSA) is 72.1 Å². The van der Waals surface area contributed by atoms with Crippen LogP contribution in [0.4, 0.5) is 5.82 Å². The summed E-state index contributed by atoms with van der Waals surface area (Å²) in [7, 11) is 0. The first kappa shape index (κ1) is 17.8. The molecule has 5 nitrogen and oxygen atoms in total. The predicted molar refractivity (Wildman–Crippen MR) is 109 cm³/mol. The van der Waals surface area contributed by atoms with Gasteiger partial charge in [0.25, 0.3) is 0 Å². The van der Waals surface area contributed by atoms with Crippen LogP contribution in [-0.2, 0) is 17.6 Å². The number of anilines is 1. The van der Waals surface area contributed by atoms with Gasteiger partial charge < -0.3 is 10.6 Å². The van der Waals surface area contributed by atoms with Gasteiger partial charge in [0, 0.05) is 17.1 Å². The van der Waals surface area contributed by atoms with Gasteiger partial charge in [-0.25, -0.2) is 9.97 Å². The van der Waals surface area contributed by atoms with Crippen molar-refractivity contribution in [1.29, 1.82) is 0 Å². The van der Waals surface area contributed by atoms with Crippen LogP contribution < -0.4 is 5.73 Å². The third-order valence-corrected chi connectivity index (χ3v) is 7.15. The lowest BCUT2D eigenvalue weighted by atomic mass is 9.97. The molecule has 2 aromatic rings. The van der Waals surface area contributed by atoms with Crippen LogP contribution in [0, 0.1) is 0 Å². The number of carbonyl (C=O) groups is 1. The second-order valence-electron chi connectivity index (χ2n) is 6.80. The van der Waals surface area contributed by atoms with Crippen molar-refractivity contribution in [3.8, 4) is 0 Å². The molecule has 2 heterocycles. The highest BCUT2D eigenvalue weighted by molar-refractivity contribution is 7.99. The Kier molecular flexibility index (Phi) is 5.18. The van der Waals surface area contributed by atoms with Crippen molar-refractivity contribution in [3.05, 3.63) is 22.2 Å². The van der Waals surface area contributed by atoms with Crippen LogP contribution in [-0.4, -0.2) is 33.1 Å². The van der Waals surface area contributed by atoms with Crippen LogP contribution in [0.25, 0.3) is 10.2 Å². The fourth-order valence-electron chi connectivity index (χ4n) is 3.87. The molecule has 2 N–H and O–H groups in total. The highest BCUT2D eigenvalue weighted by atomic mass is 32.2. The smallest absolute Gasteiger partial charge is 0.237 e. The van der Waals surface area contributed by atoms with Gasteiger partial charge in [-0.1, -0.05) is 17.8 Å². The summed E-state index contributed by atoms with van der Waals surface area (Å²) in [6.07, 6.45) is 10.1. The molecule has 0 aliphatic heterocycles. The molecule has 138 valence electrons. The number of nitrogen functional groups attached to an aromatic ring is 1. The van der Waals surface area contributed by atoms with Crippen LogP contribution in [0.2, 0.25) is 0 Å². The number of rotatable bonds is 5. The third-order valence-electron chi connectivity index (χ3n) is 5.13. The highest BCUT2D eigenvalue weighted by Gasteiger charge is 2.22. The molecule has 1 amide bonds. The van der Waals surface area contributed by atoms with Crippen LogP contribution in [0.5, 0.6) is 0 Å². The Hall–Kier alpha value is -1.60. The zero-order valence-corrected chi connectivity index (χ0v) is 16.7. The van der Waals surface area contributed by atoms with E-state index in [1.165, 1.54) is 40.7 Å². The van der Waals surface area contributed by atoms with Crippen molar-refractivity contribution in [3.63, 3.8) is 0 Å². The van der Waals surface area contributed by atoms with Crippen molar-refractivity contribution in [1.82, 2.24) is 14.9 Å². The van der Waals surface area contributed by atoms with Crippen LogP contribution in [0.1, 0.15) is 49.5 Å². The van der Waals surface area contributed by atoms with Crippen molar-refractivity contribution in [2.45, 2.75) is 57.0 Å². The minimum absolute atomic E-state index is 0.124. The van der Waals surface area contributed by atoms with Gasteiger partial charge >= 0.3 is 0 Å². The maximum atomic E-state index is 12.6. The molecule has 0 saturated heterocycles. The molecule has 0 bridgehead atoms. The number of aryl methyl sites for hydroxylation is 2. The number of aromatic nitrogens is 2. The lowest BCUT2D eigenvalue weighted by molar-refractivity contribution is -0.126. The summed E-state index contributed by atoms with van der Waals surface area (Å²) in [5.41, 5.74) is 8.78. The summed E-state index contributed by atoms with van der Waals surface area (Å²) < 4.78 is 0. The molecule has 2 aliphatic carbocycles. The lowest BCUT2D eigenvalue weighted by Gasteiger charge is -2.21. The molecular formula is C19H24N4OS2. The number of carbonyl (C=O) groups excluding carboxylic acids is 1. The normalized spacial score (nSPS) is 16.6. The number of hydrogen-bond donors (Lipinski definition) is 1. The predicted octanol–water partition coefficient (Wildman–Crippen LogP) is 4.16. The first-order valence-corrected chi connectivity index (χ1v) is 11.2. The fourth-order valence-corrected chi connectivity index (χ4v) is 5.93. The highest BCUT2D eigenvalue weighted by Crippen LogP contribution is 2.38. The average molecular weight is 389 g/mol. The van der Waals surface area contributed by atoms with Crippen LogP contribution in [0.15, 0.2) is 16.9 Å². The van der Waals surface area contributed by atoms with E-state index in [0.717, 1.165) is 42.3 Å². The number of amides is 1. The molecule has 0 fully saturated rings. The molecule has 0 unspecified atom stereocenters. The Morgan fingerprint density at radius 2 is 2.12 bits per heavy atom. The Morgan fingerprint density at radius 3 is 2.88 bits per heavy atom. The van der Waals surface area contributed by atoms with E-state index in [9.17, 15) is 4.79 Å². The van der Waals surface area contributed by atoms with Crippen LogP contribution >= 0.6 is 23.1 Å². The lowest BCUT2D eigenvalue weighted by Crippen LogP contribution is -2.31. The molecule has 26 heavy (non-hydrogen) atoms. The van der Waals surface area contributed by atoms with E-state index in [-0.39, 0.29) is 5.91 Å². The number of nitrogens with two attached hydrogens (primary N) is 1. The molecule has 2 aromatic heterocycles. The maximum absolute atomic E-state index is 12.6. The standard InChI is InChI=1S/C19H24N4OS2/c1-2-23(12-7-3-4-8-12)15(24)11-25-19-21-17(20)16-13-9-5-6-10-14(13)26-18(16)22-19/h7H,2-6,8-11H2,1H3,(H2,20,21,22). The largest absolute Gasteiger partial charge is 0.383 e. The molecule has 0 spiro atoms. The number of allylic oxidation sites excluding steroid dienone is 2. The van der Waals surface area contributed by atoms with Gasteiger partial charge in [0.2, 0.25) is 5.91 Å². The Morgan fingerprint density at radius 1 is 1.27 bits per heavy atom. The molecule has 7 heteroatoms. The van der Waals surface area contributed by atoms with Gasteiger partial charge in [-0.15, -0.1) is 11.3 Å². The number of hydrogen-bond acceptors (Lipinski definition) is 6. The van der Waals surface area contributed by atoms with E-state index in [0.29, 0.717) is 23.3 Å². The van der Waals surface area contributed by atoms with E-state index in [1.54, 1.807) is 11.3 Å². The van der Waals surface area contributed by atoms with Gasteiger partial charge in [0.15, 0.2) is 5.16 Å². The molecule has 0 radical (unpaired) electrons. The first-order valence-electron chi connectivity index (χ1n) is 9.37. The van der Waals surface area contributed by atoms with E-state index in [2.05, 4.69) is 11.1 Å². The van der Waals surface area contributed by atoms with E-state index in [1.807, 2.05) is 11.8 Å². The zero-order chi connectivity index (χ0) is 18.1. The van der Waals surface area contributed by atoms with Crippen molar-refractivity contribution in [2.75, 3.05) is 18.0 Å². The van der Waals surface area contributed by atoms with E-state index >= 15 is 0 Å². The Balaban J connectivity index is 1.51. The summed E-state index contributed by atoms with van der Waals surface area (Å²) in [5.74, 6) is 1.04. The third kappa shape index (κ3) is 3.34. The van der Waals surface area contributed by atoms with Gasteiger partial charge in [-0.3, -0.25) is 4.79 Å². The number of thiophene rings is 1. The number of thioether (sulfide) groups is 1. The van der Waals surface area contributed by atoms with Gasteiger partial charge in [0.1, 0.15) is 10.6 Å². The second-order valence-corrected chi connectivity index (χ2v) is 8.82. The molecular weight excluding hydrogens is 364 g/mol. The minimum Gasteiger partial charge on any atom is -0.383 e. The molecule has 0 saturated carbocycles. The number of fused-ring (bicyclic) bond motifs is 3. The number of nitrogens with zero attached hydrogens (tertiary/aromatic N) is 3. The van der Waals surface area contributed by atoms with E-state index < -0.39 is 0 Å². The first-order chi connectivity index (χ1) is 12.7. The Labute approximate surface area is 162 Å². The van der Waals surface area contributed by atoms with Gasteiger partial charge in [-0.2, -0.15) is 0 Å². The summed E-state index contributed by atoms with van der Waals surface area (Å²) in [6.45, 7) is 2.74. The quantitative estimate of drug-likeness (QED) is 0.615.